The van der Waals surface area contributed by atoms with E-state index in [0.29, 0.717) is 25.3 Å². The Labute approximate surface area is 132 Å². The minimum Gasteiger partial charge on any atom is -0.488 e. The number of urea groups is 1. The molecule has 1 aromatic carbocycles. The number of benzene rings is 1. The molecule has 4 amide bonds. The molecule has 0 radical (unpaired) electrons. The lowest BCUT2D eigenvalue weighted by atomic mass is 10.3. The normalized spacial score (nSPS) is 20.8. The molecule has 23 heavy (non-hydrogen) atoms. The van der Waals surface area contributed by atoms with Gasteiger partial charge in [0.25, 0.3) is 0 Å². The minimum atomic E-state index is -0.546. The molecule has 2 fully saturated rings. The van der Waals surface area contributed by atoms with Gasteiger partial charge in [-0.05, 0) is 12.1 Å². The number of imide groups is 1. The number of nitrogens with zero attached hydrogens (tertiary/aromatic N) is 2. The number of rotatable bonds is 4. The van der Waals surface area contributed by atoms with Crippen molar-refractivity contribution in [3.8, 4) is 5.75 Å². The van der Waals surface area contributed by atoms with Crippen molar-refractivity contribution in [3.05, 3.63) is 30.1 Å². The molecule has 2 aliphatic heterocycles. The Balaban J connectivity index is 1.52. The maximum absolute atomic E-state index is 13.1. The van der Waals surface area contributed by atoms with E-state index in [4.69, 9.17) is 4.74 Å². The van der Waals surface area contributed by atoms with Crippen molar-refractivity contribution in [3.63, 3.8) is 0 Å². The highest BCUT2D eigenvalue weighted by Crippen LogP contribution is 2.19. The van der Waals surface area contributed by atoms with Crippen LogP contribution in [0.1, 0.15) is 6.42 Å². The van der Waals surface area contributed by atoms with E-state index in [1.54, 1.807) is 17.0 Å². The fraction of sp³-hybridized carbons (Fsp3) is 0.400. The Hall–Kier alpha value is -2.64. The second kappa shape index (κ2) is 6.23. The summed E-state index contributed by atoms with van der Waals surface area (Å²) in [5, 5.41) is 2.13. The second-order valence-corrected chi connectivity index (χ2v) is 5.54. The van der Waals surface area contributed by atoms with E-state index in [0.717, 1.165) is 0 Å². The summed E-state index contributed by atoms with van der Waals surface area (Å²) in [5.41, 5.74) is 0. The van der Waals surface area contributed by atoms with Crippen LogP contribution >= 0.6 is 0 Å². The highest BCUT2D eigenvalue weighted by molar-refractivity contribution is 6.03. The Kier molecular flexibility index (Phi) is 4.14. The van der Waals surface area contributed by atoms with Crippen LogP contribution in [-0.2, 0) is 9.59 Å². The molecule has 122 valence electrons. The van der Waals surface area contributed by atoms with Crippen molar-refractivity contribution in [1.82, 2.24) is 15.1 Å². The number of hydrogen-bond acceptors (Lipinski definition) is 4. The van der Waals surface area contributed by atoms with Crippen LogP contribution in [0.5, 0.6) is 5.75 Å². The average molecular weight is 321 g/mol. The van der Waals surface area contributed by atoms with Crippen molar-refractivity contribution in [1.29, 1.82) is 0 Å². The third-order valence-corrected chi connectivity index (χ3v) is 3.79. The van der Waals surface area contributed by atoms with Crippen LogP contribution in [0, 0.1) is 5.82 Å². The molecule has 1 unspecified atom stereocenters. The van der Waals surface area contributed by atoms with Gasteiger partial charge in [-0.2, -0.15) is 0 Å². The lowest BCUT2D eigenvalue weighted by Crippen LogP contribution is -2.41. The van der Waals surface area contributed by atoms with Crippen LogP contribution in [0.3, 0.4) is 0 Å². The van der Waals surface area contributed by atoms with Crippen LogP contribution in [0.4, 0.5) is 9.18 Å². The lowest BCUT2D eigenvalue weighted by molar-refractivity contribution is -0.131. The Morgan fingerprint density at radius 2 is 2.22 bits per heavy atom. The van der Waals surface area contributed by atoms with Crippen LogP contribution in [-0.4, -0.2) is 59.9 Å². The summed E-state index contributed by atoms with van der Waals surface area (Å²) in [7, 11) is 0. The highest BCUT2D eigenvalue weighted by Gasteiger charge is 2.32. The van der Waals surface area contributed by atoms with Crippen LogP contribution in [0.15, 0.2) is 24.3 Å². The van der Waals surface area contributed by atoms with E-state index in [2.05, 4.69) is 5.32 Å². The van der Waals surface area contributed by atoms with E-state index in [9.17, 15) is 18.8 Å². The zero-order chi connectivity index (χ0) is 16.4. The van der Waals surface area contributed by atoms with E-state index in [1.165, 1.54) is 17.0 Å². The number of ether oxygens (including phenoxy) is 1. The van der Waals surface area contributed by atoms with Crippen molar-refractivity contribution in [2.75, 3.05) is 26.2 Å². The monoisotopic (exact) mass is 321 g/mol. The van der Waals surface area contributed by atoms with Gasteiger partial charge in [0.2, 0.25) is 11.8 Å². The fourth-order valence-corrected chi connectivity index (χ4v) is 2.66. The third-order valence-electron chi connectivity index (χ3n) is 3.79. The van der Waals surface area contributed by atoms with Crippen LogP contribution in [0.2, 0.25) is 0 Å². The zero-order valence-corrected chi connectivity index (χ0v) is 12.3. The number of nitrogens with one attached hydrogen (secondary N) is 1. The first-order valence-corrected chi connectivity index (χ1v) is 7.30. The number of likely N-dealkylation sites (tertiary alicyclic amines) is 1. The van der Waals surface area contributed by atoms with Crippen molar-refractivity contribution >= 4 is 17.8 Å². The molecule has 0 saturated carbocycles. The SMILES string of the molecule is O=C1CN(CC(=O)N2CCC(Oc3cccc(F)c3)C2)C(=O)N1. The molecule has 0 bridgehead atoms. The summed E-state index contributed by atoms with van der Waals surface area (Å²) in [6.07, 6.45) is 0.419. The molecule has 3 rings (SSSR count). The summed E-state index contributed by atoms with van der Waals surface area (Å²) in [5.74, 6) is -0.594. The van der Waals surface area contributed by atoms with E-state index < -0.39 is 11.9 Å². The molecular weight excluding hydrogens is 305 g/mol. The van der Waals surface area contributed by atoms with Gasteiger partial charge >= 0.3 is 6.03 Å². The number of hydrogen-bond donors (Lipinski definition) is 1. The van der Waals surface area contributed by atoms with E-state index >= 15 is 0 Å². The molecule has 0 spiro atoms. The molecule has 8 heteroatoms. The number of carbonyl (C=O) groups excluding carboxylic acids is 3. The highest BCUT2D eigenvalue weighted by atomic mass is 19.1. The maximum Gasteiger partial charge on any atom is 0.325 e. The predicted octanol–water partition coefficient (Wildman–Crippen LogP) is 0.357. The van der Waals surface area contributed by atoms with Gasteiger partial charge in [-0.25, -0.2) is 9.18 Å². The first kappa shape index (κ1) is 15.3. The van der Waals surface area contributed by atoms with Gasteiger partial charge in [0.1, 0.15) is 30.8 Å². The fourth-order valence-electron chi connectivity index (χ4n) is 2.66. The lowest BCUT2D eigenvalue weighted by Gasteiger charge is -2.20. The first-order chi connectivity index (χ1) is 11.0. The van der Waals surface area contributed by atoms with Gasteiger partial charge in [-0.3, -0.25) is 14.9 Å². The molecule has 0 aliphatic carbocycles. The standard InChI is InChI=1S/C15H16FN3O4/c16-10-2-1-3-11(6-10)23-12-4-5-18(7-12)14(21)9-19-8-13(20)17-15(19)22/h1-3,6,12H,4-5,7-9H2,(H,17,20,22). The Bertz CT molecular complexity index is 651. The van der Waals surface area contributed by atoms with E-state index in [1.807, 2.05) is 0 Å². The first-order valence-electron chi connectivity index (χ1n) is 7.30. The molecule has 1 atom stereocenters. The molecule has 1 N–H and O–H groups in total. The third kappa shape index (κ3) is 3.58. The predicted molar refractivity (Wildman–Crippen MR) is 77.1 cm³/mol. The van der Waals surface area contributed by atoms with Gasteiger partial charge in [-0.1, -0.05) is 6.07 Å². The number of carbonyl (C=O) groups is 3. The van der Waals surface area contributed by atoms with Crippen molar-refractivity contribution in [2.24, 2.45) is 0 Å². The average Bonchev–Trinajstić information content (AvgIpc) is 3.06. The molecule has 2 saturated heterocycles. The summed E-state index contributed by atoms with van der Waals surface area (Å²) in [6, 6.07) is 5.30. The quantitative estimate of drug-likeness (QED) is 0.812. The number of amides is 4. The topological polar surface area (TPSA) is 79.0 Å². The van der Waals surface area contributed by atoms with Crippen LogP contribution in [0.25, 0.3) is 0 Å². The second-order valence-electron chi connectivity index (χ2n) is 5.54. The van der Waals surface area contributed by atoms with Gasteiger partial charge in [0.05, 0.1) is 6.54 Å². The van der Waals surface area contributed by atoms with Gasteiger partial charge < -0.3 is 14.5 Å². The molecule has 7 nitrogen and oxygen atoms in total. The summed E-state index contributed by atoms with van der Waals surface area (Å²) >= 11 is 0. The maximum atomic E-state index is 13.1. The Morgan fingerprint density at radius 3 is 2.91 bits per heavy atom. The zero-order valence-electron chi connectivity index (χ0n) is 12.3. The molecule has 0 aromatic heterocycles. The number of halogens is 1. The molecular formula is C15H16FN3O4. The van der Waals surface area contributed by atoms with Crippen molar-refractivity contribution < 1.29 is 23.5 Å². The summed E-state index contributed by atoms with van der Waals surface area (Å²) in [6.45, 7) is 0.646. The van der Waals surface area contributed by atoms with Crippen molar-refractivity contribution in [2.45, 2.75) is 12.5 Å². The molecule has 2 heterocycles. The smallest absolute Gasteiger partial charge is 0.325 e. The summed E-state index contributed by atoms with van der Waals surface area (Å²) < 4.78 is 18.8. The molecule has 2 aliphatic rings. The van der Waals surface area contributed by atoms with E-state index in [-0.39, 0.29) is 30.9 Å². The largest absolute Gasteiger partial charge is 0.488 e. The van der Waals surface area contributed by atoms with Crippen LogP contribution < -0.4 is 10.1 Å². The van der Waals surface area contributed by atoms with Gasteiger partial charge in [0.15, 0.2) is 0 Å². The van der Waals surface area contributed by atoms with Gasteiger partial charge in [-0.15, -0.1) is 0 Å². The minimum absolute atomic E-state index is 0.0956. The Morgan fingerprint density at radius 1 is 1.39 bits per heavy atom. The summed E-state index contributed by atoms with van der Waals surface area (Å²) in [4.78, 5) is 37.5. The van der Waals surface area contributed by atoms with Gasteiger partial charge in [0, 0.05) is 19.0 Å². The molecule has 1 aromatic rings.